The molecule has 0 spiro atoms. The SMILES string of the molecule is CCC(C)(C)Cn1c(N)nc2cc(Cl)cnc21. The van der Waals surface area contributed by atoms with Gasteiger partial charge in [0.2, 0.25) is 5.95 Å². The van der Waals surface area contributed by atoms with Crippen molar-refractivity contribution >= 4 is 28.7 Å². The van der Waals surface area contributed by atoms with Gasteiger partial charge in [0.1, 0.15) is 5.52 Å². The topological polar surface area (TPSA) is 56.7 Å². The van der Waals surface area contributed by atoms with Gasteiger partial charge in [-0.05, 0) is 17.9 Å². The van der Waals surface area contributed by atoms with Gasteiger partial charge in [-0.2, -0.15) is 0 Å². The van der Waals surface area contributed by atoms with Gasteiger partial charge in [0.05, 0.1) is 5.02 Å². The Hall–Kier alpha value is -1.29. The van der Waals surface area contributed by atoms with E-state index in [4.69, 9.17) is 17.3 Å². The Labute approximate surface area is 106 Å². The predicted octanol–water partition coefficient (Wildman–Crippen LogP) is 3.10. The van der Waals surface area contributed by atoms with E-state index in [9.17, 15) is 0 Å². The molecule has 0 saturated heterocycles. The van der Waals surface area contributed by atoms with Crippen molar-refractivity contribution in [3.05, 3.63) is 17.3 Å². The Morgan fingerprint density at radius 1 is 1.47 bits per heavy atom. The molecule has 0 aliphatic carbocycles. The fraction of sp³-hybridized carbons (Fsp3) is 0.500. The molecular formula is C12H17ClN4. The number of nitrogens with two attached hydrogens (primary N) is 1. The summed E-state index contributed by atoms with van der Waals surface area (Å²) in [7, 11) is 0. The Bertz CT molecular complexity index is 545. The van der Waals surface area contributed by atoms with Gasteiger partial charge < -0.3 is 5.73 Å². The molecule has 4 nitrogen and oxygen atoms in total. The summed E-state index contributed by atoms with van der Waals surface area (Å²) >= 11 is 5.89. The van der Waals surface area contributed by atoms with Crippen LogP contribution in [0.4, 0.5) is 5.95 Å². The minimum atomic E-state index is 0.170. The highest BCUT2D eigenvalue weighted by atomic mass is 35.5. The normalized spacial score (nSPS) is 12.2. The molecule has 0 saturated carbocycles. The molecule has 2 aromatic rings. The number of halogens is 1. The van der Waals surface area contributed by atoms with Gasteiger partial charge in [-0.3, -0.25) is 4.57 Å². The summed E-state index contributed by atoms with van der Waals surface area (Å²) in [6.45, 7) is 7.38. The van der Waals surface area contributed by atoms with Crippen molar-refractivity contribution in [3.8, 4) is 0 Å². The Kier molecular flexibility index (Phi) is 3.00. The van der Waals surface area contributed by atoms with E-state index in [1.807, 2.05) is 4.57 Å². The average molecular weight is 253 g/mol. The van der Waals surface area contributed by atoms with Gasteiger partial charge in [0, 0.05) is 12.7 Å². The van der Waals surface area contributed by atoms with Crippen LogP contribution in [-0.2, 0) is 6.54 Å². The molecule has 17 heavy (non-hydrogen) atoms. The van der Waals surface area contributed by atoms with Crippen molar-refractivity contribution in [3.63, 3.8) is 0 Å². The molecular weight excluding hydrogens is 236 g/mol. The Balaban J connectivity index is 2.50. The predicted molar refractivity (Wildman–Crippen MR) is 71.0 cm³/mol. The van der Waals surface area contributed by atoms with Crippen LogP contribution in [0.1, 0.15) is 27.2 Å². The number of aromatic nitrogens is 3. The molecule has 5 heteroatoms. The summed E-state index contributed by atoms with van der Waals surface area (Å²) < 4.78 is 1.95. The smallest absolute Gasteiger partial charge is 0.202 e. The lowest BCUT2D eigenvalue weighted by Crippen LogP contribution is -2.20. The van der Waals surface area contributed by atoms with Crippen molar-refractivity contribution in [1.29, 1.82) is 0 Å². The van der Waals surface area contributed by atoms with E-state index in [0.29, 0.717) is 11.0 Å². The van der Waals surface area contributed by atoms with Gasteiger partial charge in [0.15, 0.2) is 5.65 Å². The van der Waals surface area contributed by atoms with Crippen molar-refractivity contribution in [2.75, 3.05) is 5.73 Å². The maximum Gasteiger partial charge on any atom is 0.202 e. The monoisotopic (exact) mass is 252 g/mol. The number of nitrogens with zero attached hydrogens (tertiary/aromatic N) is 3. The molecule has 2 aromatic heterocycles. The first kappa shape index (κ1) is 12.2. The first-order valence-corrected chi connectivity index (χ1v) is 6.08. The number of rotatable bonds is 3. The molecule has 0 fully saturated rings. The van der Waals surface area contributed by atoms with Gasteiger partial charge in [0.25, 0.3) is 0 Å². The van der Waals surface area contributed by atoms with Gasteiger partial charge in [-0.15, -0.1) is 0 Å². The van der Waals surface area contributed by atoms with Crippen LogP contribution in [0.3, 0.4) is 0 Å². The molecule has 2 rings (SSSR count). The summed E-state index contributed by atoms with van der Waals surface area (Å²) in [5.41, 5.74) is 7.65. The van der Waals surface area contributed by atoms with E-state index < -0.39 is 0 Å². The minimum Gasteiger partial charge on any atom is -0.369 e. The van der Waals surface area contributed by atoms with Crippen LogP contribution in [0.15, 0.2) is 12.3 Å². The maximum atomic E-state index is 5.93. The van der Waals surface area contributed by atoms with Crippen LogP contribution >= 0.6 is 11.6 Å². The number of imidazole rings is 1. The third-order valence-electron chi connectivity index (χ3n) is 3.12. The Morgan fingerprint density at radius 2 is 2.18 bits per heavy atom. The average Bonchev–Trinajstić information content (AvgIpc) is 2.54. The van der Waals surface area contributed by atoms with Crippen LogP contribution in [-0.4, -0.2) is 14.5 Å². The summed E-state index contributed by atoms with van der Waals surface area (Å²) in [5.74, 6) is 0.497. The summed E-state index contributed by atoms with van der Waals surface area (Å²) in [6.07, 6.45) is 2.69. The summed E-state index contributed by atoms with van der Waals surface area (Å²) in [6, 6.07) is 1.79. The molecule has 0 aliphatic rings. The fourth-order valence-electron chi connectivity index (χ4n) is 1.70. The lowest BCUT2D eigenvalue weighted by molar-refractivity contribution is 0.299. The van der Waals surface area contributed by atoms with E-state index in [0.717, 1.165) is 24.1 Å². The lowest BCUT2D eigenvalue weighted by atomic mass is 9.90. The molecule has 2 N–H and O–H groups in total. The number of anilines is 1. The lowest BCUT2D eigenvalue weighted by Gasteiger charge is -2.23. The van der Waals surface area contributed by atoms with E-state index in [2.05, 4.69) is 30.7 Å². The van der Waals surface area contributed by atoms with Crippen LogP contribution in [0.25, 0.3) is 11.2 Å². The van der Waals surface area contributed by atoms with E-state index in [1.54, 1.807) is 12.3 Å². The van der Waals surface area contributed by atoms with Crippen molar-refractivity contribution in [2.45, 2.75) is 33.7 Å². The maximum absolute atomic E-state index is 5.93. The molecule has 0 atom stereocenters. The second-order valence-corrected chi connectivity index (χ2v) is 5.51. The minimum absolute atomic E-state index is 0.170. The third-order valence-corrected chi connectivity index (χ3v) is 3.33. The summed E-state index contributed by atoms with van der Waals surface area (Å²) in [4.78, 5) is 8.59. The molecule has 2 heterocycles. The highest BCUT2D eigenvalue weighted by Gasteiger charge is 2.20. The first-order valence-electron chi connectivity index (χ1n) is 5.70. The van der Waals surface area contributed by atoms with E-state index in [1.165, 1.54) is 0 Å². The van der Waals surface area contributed by atoms with Crippen LogP contribution in [0, 0.1) is 5.41 Å². The second-order valence-electron chi connectivity index (χ2n) is 5.07. The van der Waals surface area contributed by atoms with Gasteiger partial charge in [-0.1, -0.05) is 32.4 Å². The largest absolute Gasteiger partial charge is 0.369 e. The number of nitrogen functional groups attached to an aromatic ring is 1. The van der Waals surface area contributed by atoms with Gasteiger partial charge in [-0.25, -0.2) is 9.97 Å². The number of fused-ring (bicyclic) bond motifs is 1. The fourth-order valence-corrected chi connectivity index (χ4v) is 1.85. The standard InChI is InChI=1S/C12H17ClN4/c1-4-12(2,3)7-17-10-9(16-11(17)14)5-8(13)6-15-10/h5-6H,4,7H2,1-3H3,(H2,14,16). The highest BCUT2D eigenvalue weighted by molar-refractivity contribution is 6.31. The van der Waals surface area contributed by atoms with E-state index in [-0.39, 0.29) is 5.41 Å². The van der Waals surface area contributed by atoms with Crippen molar-refractivity contribution < 1.29 is 0 Å². The highest BCUT2D eigenvalue weighted by Crippen LogP contribution is 2.27. The number of hydrogen-bond acceptors (Lipinski definition) is 3. The van der Waals surface area contributed by atoms with Crippen LogP contribution in [0.5, 0.6) is 0 Å². The molecule has 0 amide bonds. The zero-order chi connectivity index (χ0) is 12.6. The van der Waals surface area contributed by atoms with Crippen molar-refractivity contribution in [1.82, 2.24) is 14.5 Å². The molecule has 92 valence electrons. The first-order chi connectivity index (χ1) is 7.93. The molecule has 0 radical (unpaired) electrons. The zero-order valence-corrected chi connectivity index (χ0v) is 11.1. The van der Waals surface area contributed by atoms with Crippen LogP contribution < -0.4 is 5.73 Å². The summed E-state index contributed by atoms with van der Waals surface area (Å²) in [5, 5.41) is 0.580. The molecule has 0 unspecified atom stereocenters. The zero-order valence-electron chi connectivity index (χ0n) is 10.4. The number of pyridine rings is 1. The Morgan fingerprint density at radius 3 is 2.82 bits per heavy atom. The number of hydrogen-bond donors (Lipinski definition) is 1. The molecule has 0 bridgehead atoms. The van der Waals surface area contributed by atoms with E-state index >= 15 is 0 Å². The molecule has 0 aromatic carbocycles. The van der Waals surface area contributed by atoms with Crippen molar-refractivity contribution in [2.24, 2.45) is 5.41 Å². The molecule has 0 aliphatic heterocycles. The second kappa shape index (κ2) is 4.18. The third kappa shape index (κ3) is 2.36. The van der Waals surface area contributed by atoms with Gasteiger partial charge >= 0.3 is 0 Å². The van der Waals surface area contributed by atoms with Crippen LogP contribution in [0.2, 0.25) is 5.02 Å². The quantitative estimate of drug-likeness (QED) is 0.913.